The third kappa shape index (κ3) is 3.83. The number of nitrogens with zero attached hydrogens (tertiary/aromatic N) is 2. The van der Waals surface area contributed by atoms with Gasteiger partial charge in [0.05, 0.1) is 17.5 Å². The van der Waals surface area contributed by atoms with Crippen LogP contribution in [0.3, 0.4) is 0 Å². The first kappa shape index (κ1) is 18.3. The van der Waals surface area contributed by atoms with Gasteiger partial charge in [-0.1, -0.05) is 30.3 Å². The van der Waals surface area contributed by atoms with Crippen LogP contribution in [0.25, 0.3) is 0 Å². The fourth-order valence-corrected chi connectivity index (χ4v) is 3.75. The van der Waals surface area contributed by atoms with Gasteiger partial charge < -0.3 is 10.0 Å². The molecular formula is C19H22N2O4S. The molecule has 0 saturated carbocycles. The van der Waals surface area contributed by atoms with Gasteiger partial charge in [0, 0.05) is 31.7 Å². The van der Waals surface area contributed by atoms with Crippen molar-refractivity contribution < 1.29 is 18.3 Å². The highest BCUT2D eigenvalue weighted by Gasteiger charge is 2.25. The van der Waals surface area contributed by atoms with Crippen molar-refractivity contribution in [3.63, 3.8) is 0 Å². The Morgan fingerprint density at radius 3 is 2.50 bits per heavy atom. The summed E-state index contributed by atoms with van der Waals surface area (Å²) in [7, 11) is -2.04. The molecule has 2 aromatic carbocycles. The predicted octanol–water partition coefficient (Wildman–Crippen LogP) is 2.77. The second-order valence-electron chi connectivity index (χ2n) is 6.62. The lowest BCUT2D eigenvalue weighted by molar-refractivity contribution is 0.0697. The highest BCUT2D eigenvalue weighted by molar-refractivity contribution is 7.92. The number of carboxylic acids is 1. The Labute approximate surface area is 153 Å². The molecule has 1 heterocycles. The number of benzene rings is 2. The lowest BCUT2D eigenvalue weighted by Crippen LogP contribution is -2.26. The number of sulfonamides is 1. The molecule has 0 amide bonds. The lowest BCUT2D eigenvalue weighted by Gasteiger charge is -2.23. The number of hydrogen-bond donors (Lipinski definition) is 1. The minimum absolute atomic E-state index is 0.0798. The molecular weight excluding hydrogens is 352 g/mol. The molecule has 26 heavy (non-hydrogen) atoms. The zero-order valence-electron chi connectivity index (χ0n) is 14.8. The summed E-state index contributed by atoms with van der Waals surface area (Å²) in [4.78, 5) is 13.6. The first-order valence-corrected chi connectivity index (χ1v) is 10.2. The molecule has 1 aliphatic rings. The standard InChI is InChI=1S/C19H22N2O4S/c1-20(26(2,24)25)17-10-16(19(22)23)11-18(12-17)21-9-8-15(13-21)14-6-4-3-5-7-14/h3-7,10-12,15H,8-9,13H2,1-2H3,(H,22,23). The largest absolute Gasteiger partial charge is 0.478 e. The van der Waals surface area contributed by atoms with E-state index in [-0.39, 0.29) is 5.56 Å². The summed E-state index contributed by atoms with van der Waals surface area (Å²) in [6.07, 6.45) is 2.07. The van der Waals surface area contributed by atoms with Crippen LogP contribution in [-0.4, -0.2) is 45.9 Å². The van der Waals surface area contributed by atoms with Crippen molar-refractivity contribution in [3.05, 3.63) is 59.7 Å². The van der Waals surface area contributed by atoms with Gasteiger partial charge in [0.15, 0.2) is 0 Å². The van der Waals surface area contributed by atoms with E-state index < -0.39 is 16.0 Å². The summed E-state index contributed by atoms with van der Waals surface area (Å²) in [6, 6.07) is 15.0. The molecule has 0 bridgehead atoms. The Balaban J connectivity index is 1.92. The fraction of sp³-hybridized carbons (Fsp3) is 0.316. The van der Waals surface area contributed by atoms with Crippen LogP contribution in [0, 0.1) is 0 Å². The molecule has 1 atom stereocenters. The van der Waals surface area contributed by atoms with Crippen LogP contribution in [0.5, 0.6) is 0 Å². The molecule has 1 saturated heterocycles. The van der Waals surface area contributed by atoms with E-state index in [2.05, 4.69) is 17.0 Å². The smallest absolute Gasteiger partial charge is 0.335 e. The summed E-state index contributed by atoms with van der Waals surface area (Å²) in [5.74, 6) is -0.699. The molecule has 1 aliphatic heterocycles. The molecule has 6 nitrogen and oxygen atoms in total. The van der Waals surface area contributed by atoms with E-state index in [4.69, 9.17) is 0 Å². The number of hydrogen-bond acceptors (Lipinski definition) is 4. The summed E-state index contributed by atoms with van der Waals surface area (Å²) >= 11 is 0. The van der Waals surface area contributed by atoms with Gasteiger partial charge in [0.1, 0.15) is 0 Å². The maximum Gasteiger partial charge on any atom is 0.335 e. The number of aromatic carboxylic acids is 1. The van der Waals surface area contributed by atoms with E-state index in [0.717, 1.165) is 35.8 Å². The molecule has 1 N–H and O–H groups in total. The number of anilines is 2. The fourth-order valence-electron chi connectivity index (χ4n) is 3.27. The summed E-state index contributed by atoms with van der Waals surface area (Å²) in [5.41, 5.74) is 2.42. The van der Waals surface area contributed by atoms with Crippen molar-refractivity contribution in [2.24, 2.45) is 0 Å². The number of carbonyl (C=O) groups is 1. The van der Waals surface area contributed by atoms with Crippen molar-refractivity contribution in [1.29, 1.82) is 0 Å². The zero-order valence-corrected chi connectivity index (χ0v) is 15.6. The topological polar surface area (TPSA) is 77.9 Å². The van der Waals surface area contributed by atoms with E-state index in [1.807, 2.05) is 18.2 Å². The van der Waals surface area contributed by atoms with Crippen LogP contribution >= 0.6 is 0 Å². The first-order chi connectivity index (χ1) is 12.3. The summed E-state index contributed by atoms with van der Waals surface area (Å²) in [5, 5.41) is 9.40. The van der Waals surface area contributed by atoms with Crippen molar-refractivity contribution in [3.8, 4) is 0 Å². The average Bonchev–Trinajstić information content (AvgIpc) is 3.11. The van der Waals surface area contributed by atoms with Crippen molar-refractivity contribution in [1.82, 2.24) is 0 Å². The van der Waals surface area contributed by atoms with E-state index in [9.17, 15) is 18.3 Å². The van der Waals surface area contributed by atoms with Crippen molar-refractivity contribution >= 4 is 27.4 Å². The summed E-state index contributed by atoms with van der Waals surface area (Å²) in [6.45, 7) is 1.57. The number of rotatable bonds is 5. The van der Waals surface area contributed by atoms with Crippen molar-refractivity contribution in [2.45, 2.75) is 12.3 Å². The minimum atomic E-state index is -3.47. The molecule has 2 aromatic rings. The molecule has 0 radical (unpaired) electrons. The second kappa shape index (κ2) is 6.99. The lowest BCUT2D eigenvalue weighted by atomic mass is 9.99. The molecule has 1 unspecified atom stereocenters. The Hall–Kier alpha value is -2.54. The van der Waals surface area contributed by atoms with Crippen LogP contribution in [0.4, 0.5) is 11.4 Å². The maximum atomic E-state index is 11.8. The Morgan fingerprint density at radius 1 is 1.19 bits per heavy atom. The first-order valence-electron chi connectivity index (χ1n) is 8.38. The number of carboxylic acid groups (broad SMARTS) is 1. The van der Waals surface area contributed by atoms with E-state index in [1.54, 1.807) is 12.1 Å². The van der Waals surface area contributed by atoms with Crippen LogP contribution in [0.15, 0.2) is 48.5 Å². The van der Waals surface area contributed by atoms with Gasteiger partial charge in [-0.05, 0) is 30.2 Å². The maximum absolute atomic E-state index is 11.8. The molecule has 0 aromatic heterocycles. The molecule has 0 spiro atoms. The zero-order chi connectivity index (χ0) is 18.9. The highest BCUT2D eigenvalue weighted by Crippen LogP contribution is 2.33. The molecule has 3 rings (SSSR count). The van der Waals surface area contributed by atoms with Gasteiger partial charge in [-0.2, -0.15) is 0 Å². The highest BCUT2D eigenvalue weighted by atomic mass is 32.2. The van der Waals surface area contributed by atoms with Gasteiger partial charge >= 0.3 is 5.97 Å². The Bertz CT molecular complexity index is 912. The minimum Gasteiger partial charge on any atom is -0.478 e. The van der Waals surface area contributed by atoms with Crippen LogP contribution < -0.4 is 9.21 Å². The SMILES string of the molecule is CN(c1cc(C(=O)O)cc(N2CCC(c3ccccc3)C2)c1)S(C)(=O)=O. The van der Waals surface area contributed by atoms with Crippen LogP contribution in [0.1, 0.15) is 28.3 Å². The van der Waals surface area contributed by atoms with Gasteiger partial charge in [-0.15, -0.1) is 0 Å². The predicted molar refractivity (Wildman–Crippen MR) is 103 cm³/mol. The van der Waals surface area contributed by atoms with Gasteiger partial charge in [0.25, 0.3) is 0 Å². The van der Waals surface area contributed by atoms with Crippen LogP contribution in [-0.2, 0) is 10.0 Å². The molecule has 1 fully saturated rings. The summed E-state index contributed by atoms with van der Waals surface area (Å²) < 4.78 is 24.8. The van der Waals surface area contributed by atoms with E-state index in [1.165, 1.54) is 18.7 Å². The van der Waals surface area contributed by atoms with E-state index >= 15 is 0 Å². The van der Waals surface area contributed by atoms with Gasteiger partial charge in [-0.3, -0.25) is 4.31 Å². The van der Waals surface area contributed by atoms with Crippen molar-refractivity contribution in [2.75, 3.05) is 35.6 Å². The van der Waals surface area contributed by atoms with E-state index in [0.29, 0.717) is 11.6 Å². The van der Waals surface area contributed by atoms with Gasteiger partial charge in [0.2, 0.25) is 10.0 Å². The second-order valence-corrected chi connectivity index (χ2v) is 8.63. The third-order valence-corrected chi connectivity index (χ3v) is 6.04. The van der Waals surface area contributed by atoms with Crippen LogP contribution in [0.2, 0.25) is 0 Å². The monoisotopic (exact) mass is 374 g/mol. The molecule has 7 heteroatoms. The third-order valence-electron chi connectivity index (χ3n) is 4.83. The normalized spacial score (nSPS) is 17.3. The molecule has 138 valence electrons. The Kier molecular flexibility index (Phi) is 4.91. The molecule has 0 aliphatic carbocycles. The van der Waals surface area contributed by atoms with Gasteiger partial charge in [-0.25, -0.2) is 13.2 Å². The Morgan fingerprint density at radius 2 is 1.88 bits per heavy atom. The quantitative estimate of drug-likeness (QED) is 0.871. The average molecular weight is 374 g/mol.